The lowest BCUT2D eigenvalue weighted by molar-refractivity contribution is -0.142. The number of esters is 2. The van der Waals surface area contributed by atoms with E-state index < -0.39 is 18.0 Å². The van der Waals surface area contributed by atoms with Crippen LogP contribution in [0.2, 0.25) is 0 Å². The summed E-state index contributed by atoms with van der Waals surface area (Å²) in [5.41, 5.74) is 9.42. The zero-order valence-corrected chi connectivity index (χ0v) is 28.0. The highest BCUT2D eigenvalue weighted by atomic mass is 16.6. The summed E-state index contributed by atoms with van der Waals surface area (Å²) in [6.45, 7) is 2.13. The standard InChI is InChI=1S/C36H36N8O7/c1-3-49-32(45)15-18-44(30-8-4-5-17-39-30)34(46)25-11-14-29-28(21-25)41-31(43(29)2)23-40-27-12-9-24(10-13-27)33(37)42-36(48)51-20-19-50-35(47)26-7-6-16-38-22-26/h4-14,16-17,21-22,40H,3,15,18-20,23H2,1-2H3,(H2,37,42,48). The molecular formula is C36H36N8O7. The van der Waals surface area contributed by atoms with Gasteiger partial charge in [0.05, 0.1) is 36.2 Å². The number of pyridine rings is 2. The van der Waals surface area contributed by atoms with Gasteiger partial charge in [0.2, 0.25) is 0 Å². The number of benzene rings is 2. The maximum atomic E-state index is 13.6. The van der Waals surface area contributed by atoms with Gasteiger partial charge in [-0.25, -0.2) is 19.6 Å². The lowest BCUT2D eigenvalue weighted by atomic mass is 10.1. The first kappa shape index (κ1) is 35.7. The van der Waals surface area contributed by atoms with Crippen LogP contribution in [0.25, 0.3) is 11.0 Å². The first-order chi connectivity index (χ1) is 24.7. The van der Waals surface area contributed by atoms with Gasteiger partial charge in [-0.2, -0.15) is 4.99 Å². The summed E-state index contributed by atoms with van der Waals surface area (Å²) < 4.78 is 17.0. The molecule has 0 saturated heterocycles. The summed E-state index contributed by atoms with van der Waals surface area (Å²) >= 11 is 0. The van der Waals surface area contributed by atoms with Crippen molar-refractivity contribution in [3.63, 3.8) is 0 Å². The smallest absolute Gasteiger partial charge is 0.435 e. The molecule has 0 aliphatic rings. The van der Waals surface area contributed by atoms with Crippen molar-refractivity contribution in [2.75, 3.05) is 36.6 Å². The molecule has 5 rings (SSSR count). The minimum Gasteiger partial charge on any atom is -0.466 e. The van der Waals surface area contributed by atoms with Gasteiger partial charge in [0.15, 0.2) is 0 Å². The van der Waals surface area contributed by atoms with Crippen molar-refractivity contribution in [3.8, 4) is 0 Å². The van der Waals surface area contributed by atoms with Crippen LogP contribution in [-0.4, -0.2) is 75.7 Å². The van der Waals surface area contributed by atoms with E-state index in [0.717, 1.165) is 17.0 Å². The first-order valence-corrected chi connectivity index (χ1v) is 16.0. The highest BCUT2D eigenvalue weighted by molar-refractivity contribution is 6.07. The maximum absolute atomic E-state index is 13.6. The van der Waals surface area contributed by atoms with Crippen LogP contribution in [0.5, 0.6) is 0 Å². The Morgan fingerprint density at radius 2 is 1.69 bits per heavy atom. The minimum atomic E-state index is -0.917. The molecule has 262 valence electrons. The molecule has 3 heterocycles. The number of hydrogen-bond donors (Lipinski definition) is 2. The second-order valence-corrected chi connectivity index (χ2v) is 10.9. The summed E-state index contributed by atoms with van der Waals surface area (Å²) in [4.78, 5) is 67.9. The number of amides is 2. The Morgan fingerprint density at radius 1 is 0.902 bits per heavy atom. The van der Waals surface area contributed by atoms with Gasteiger partial charge in [-0.3, -0.25) is 19.5 Å². The summed E-state index contributed by atoms with van der Waals surface area (Å²) in [5.74, 6) is -0.190. The van der Waals surface area contributed by atoms with E-state index in [9.17, 15) is 19.2 Å². The first-order valence-electron chi connectivity index (χ1n) is 16.0. The second-order valence-electron chi connectivity index (χ2n) is 10.9. The van der Waals surface area contributed by atoms with Gasteiger partial charge in [0.1, 0.15) is 30.7 Å². The maximum Gasteiger partial charge on any atom is 0.435 e. The predicted molar refractivity (Wildman–Crippen MR) is 188 cm³/mol. The highest BCUT2D eigenvalue weighted by Gasteiger charge is 2.21. The molecule has 0 spiro atoms. The number of aromatic nitrogens is 4. The molecule has 2 amide bonds. The average Bonchev–Trinajstić information content (AvgIpc) is 3.47. The third-order valence-corrected chi connectivity index (χ3v) is 7.52. The molecule has 0 unspecified atom stereocenters. The van der Waals surface area contributed by atoms with Crippen molar-refractivity contribution in [2.24, 2.45) is 17.8 Å². The van der Waals surface area contributed by atoms with E-state index >= 15 is 0 Å². The molecule has 0 bridgehead atoms. The molecule has 3 aromatic heterocycles. The van der Waals surface area contributed by atoms with Crippen LogP contribution in [0, 0.1) is 0 Å². The summed E-state index contributed by atoms with van der Waals surface area (Å²) in [5, 5.41) is 3.31. The number of amidine groups is 1. The third-order valence-electron chi connectivity index (χ3n) is 7.52. The molecule has 15 nitrogen and oxygen atoms in total. The molecule has 0 saturated carbocycles. The van der Waals surface area contributed by atoms with Crippen molar-refractivity contribution < 1.29 is 33.4 Å². The van der Waals surface area contributed by atoms with Gasteiger partial charge < -0.3 is 29.8 Å². The molecular weight excluding hydrogens is 656 g/mol. The van der Waals surface area contributed by atoms with Crippen LogP contribution >= 0.6 is 0 Å². The van der Waals surface area contributed by atoms with E-state index in [1.54, 1.807) is 79.9 Å². The predicted octanol–water partition coefficient (Wildman–Crippen LogP) is 4.27. The van der Waals surface area contributed by atoms with Crippen molar-refractivity contribution in [3.05, 3.63) is 114 Å². The number of nitrogens with one attached hydrogen (secondary N) is 1. The van der Waals surface area contributed by atoms with Crippen molar-refractivity contribution in [1.29, 1.82) is 0 Å². The molecule has 0 aliphatic carbocycles. The average molecular weight is 693 g/mol. The van der Waals surface area contributed by atoms with Gasteiger partial charge >= 0.3 is 18.0 Å². The fourth-order valence-electron chi connectivity index (χ4n) is 4.93. The van der Waals surface area contributed by atoms with Gasteiger partial charge in [-0.15, -0.1) is 0 Å². The number of aryl methyl sites for hydroxylation is 1. The van der Waals surface area contributed by atoms with Crippen molar-refractivity contribution >= 4 is 52.3 Å². The fourth-order valence-corrected chi connectivity index (χ4v) is 4.93. The number of fused-ring (bicyclic) bond motifs is 1. The number of aliphatic imine (C=N–C) groups is 1. The zero-order chi connectivity index (χ0) is 36.2. The van der Waals surface area contributed by atoms with E-state index in [1.807, 2.05) is 17.7 Å². The molecule has 0 atom stereocenters. The number of carbonyl (C=O) groups excluding carboxylic acids is 4. The number of anilines is 2. The summed E-state index contributed by atoms with van der Waals surface area (Å²) in [7, 11) is 1.89. The Morgan fingerprint density at radius 3 is 2.41 bits per heavy atom. The number of hydrogen-bond acceptors (Lipinski definition) is 11. The molecule has 2 aromatic carbocycles. The number of nitrogens with zero attached hydrogens (tertiary/aromatic N) is 6. The van der Waals surface area contributed by atoms with Crippen LogP contribution in [0.3, 0.4) is 0 Å². The van der Waals surface area contributed by atoms with Crippen LogP contribution in [-0.2, 0) is 32.6 Å². The Kier molecular flexibility index (Phi) is 12.0. The number of nitrogens with two attached hydrogens (primary N) is 1. The van der Waals surface area contributed by atoms with Gasteiger partial charge in [-0.1, -0.05) is 6.07 Å². The lowest BCUT2D eigenvalue weighted by Crippen LogP contribution is -2.34. The number of carbonyl (C=O) groups is 4. The van der Waals surface area contributed by atoms with Crippen LogP contribution in [0.15, 0.2) is 96.4 Å². The molecule has 0 fully saturated rings. The van der Waals surface area contributed by atoms with Crippen molar-refractivity contribution in [1.82, 2.24) is 19.5 Å². The van der Waals surface area contributed by atoms with Gasteiger partial charge in [0.25, 0.3) is 5.91 Å². The monoisotopic (exact) mass is 692 g/mol. The van der Waals surface area contributed by atoms with Gasteiger partial charge in [-0.05, 0) is 73.7 Å². The Hall–Kier alpha value is -6.64. The fraction of sp³-hybridized carbons (Fsp3) is 0.222. The minimum absolute atomic E-state index is 0.0268. The molecule has 15 heteroatoms. The Bertz CT molecular complexity index is 2020. The molecule has 5 aromatic rings. The molecule has 0 radical (unpaired) electrons. The Balaban J connectivity index is 1.16. The van der Waals surface area contributed by atoms with Crippen LogP contribution in [0.1, 0.15) is 45.4 Å². The summed E-state index contributed by atoms with van der Waals surface area (Å²) in [6, 6.07) is 20.7. The van der Waals surface area contributed by atoms with E-state index in [1.165, 1.54) is 17.3 Å². The molecule has 3 N–H and O–H groups in total. The van der Waals surface area contributed by atoms with Crippen LogP contribution < -0.4 is 16.0 Å². The summed E-state index contributed by atoms with van der Waals surface area (Å²) in [6.07, 6.45) is 3.61. The van der Waals surface area contributed by atoms with Crippen LogP contribution in [0.4, 0.5) is 16.3 Å². The van der Waals surface area contributed by atoms with E-state index in [-0.39, 0.29) is 50.1 Å². The van der Waals surface area contributed by atoms with E-state index in [2.05, 4.69) is 20.3 Å². The zero-order valence-electron chi connectivity index (χ0n) is 28.0. The number of rotatable bonds is 14. The molecule has 51 heavy (non-hydrogen) atoms. The third kappa shape index (κ3) is 9.50. The van der Waals surface area contributed by atoms with E-state index in [4.69, 9.17) is 24.9 Å². The number of ether oxygens (including phenoxy) is 3. The quantitative estimate of drug-likeness (QED) is 0.0553. The molecule has 0 aliphatic heterocycles. The topological polar surface area (TPSA) is 193 Å². The largest absolute Gasteiger partial charge is 0.466 e. The Labute approximate surface area is 293 Å². The van der Waals surface area contributed by atoms with Crippen molar-refractivity contribution in [2.45, 2.75) is 19.9 Å². The normalized spacial score (nSPS) is 11.1. The van der Waals surface area contributed by atoms with Gasteiger partial charge in [0, 0.05) is 49.0 Å². The number of imidazole rings is 1. The SMILES string of the molecule is CCOC(=O)CCN(C(=O)c1ccc2c(c1)nc(CNc1ccc(/C(N)=N/C(=O)OCCOC(=O)c3cccnc3)cc1)n2C)c1ccccn1. The lowest BCUT2D eigenvalue weighted by Gasteiger charge is -2.21. The van der Waals surface area contributed by atoms with E-state index in [0.29, 0.717) is 29.0 Å². The highest BCUT2D eigenvalue weighted by Crippen LogP contribution is 2.21. The second kappa shape index (κ2) is 17.1.